The van der Waals surface area contributed by atoms with Crippen molar-refractivity contribution >= 4 is 17.3 Å². The second-order valence-electron chi connectivity index (χ2n) is 5.17. The molecule has 0 unspecified atom stereocenters. The Morgan fingerprint density at radius 3 is 1.50 bits per heavy atom. The van der Waals surface area contributed by atoms with Gasteiger partial charge in [0.25, 0.3) is 0 Å². The standard InChI is InChI=1S/C17H20N2S/c1-13-3-7-15(8-4-13)11-19(17(18)20)12-16-9-5-14(2)6-10-16/h3-10H,11-12H2,1-2H3,(H2,18,20). The van der Waals surface area contributed by atoms with Crippen LogP contribution in [-0.4, -0.2) is 10.0 Å². The summed E-state index contributed by atoms with van der Waals surface area (Å²) < 4.78 is 0. The molecule has 0 spiro atoms. The summed E-state index contributed by atoms with van der Waals surface area (Å²) in [6.45, 7) is 5.65. The van der Waals surface area contributed by atoms with E-state index < -0.39 is 0 Å². The first kappa shape index (κ1) is 14.5. The molecule has 2 aromatic rings. The Balaban J connectivity index is 2.09. The molecule has 0 aliphatic carbocycles. The van der Waals surface area contributed by atoms with E-state index in [9.17, 15) is 0 Å². The molecule has 0 saturated carbocycles. The summed E-state index contributed by atoms with van der Waals surface area (Å²) >= 11 is 5.17. The summed E-state index contributed by atoms with van der Waals surface area (Å²) in [5, 5.41) is 0.436. The van der Waals surface area contributed by atoms with Crippen molar-refractivity contribution in [3.05, 3.63) is 70.8 Å². The molecule has 0 aromatic heterocycles. The minimum Gasteiger partial charge on any atom is -0.376 e. The smallest absolute Gasteiger partial charge is 0.166 e. The molecule has 0 bridgehead atoms. The summed E-state index contributed by atoms with van der Waals surface area (Å²) in [5.41, 5.74) is 10.8. The van der Waals surface area contributed by atoms with Gasteiger partial charge in [-0.2, -0.15) is 0 Å². The predicted molar refractivity (Wildman–Crippen MR) is 88.4 cm³/mol. The lowest BCUT2D eigenvalue weighted by atomic mass is 10.1. The highest BCUT2D eigenvalue weighted by molar-refractivity contribution is 7.80. The lowest BCUT2D eigenvalue weighted by molar-refractivity contribution is 0.409. The van der Waals surface area contributed by atoms with Crippen molar-refractivity contribution in [3.63, 3.8) is 0 Å². The molecule has 20 heavy (non-hydrogen) atoms. The molecule has 2 N–H and O–H groups in total. The lowest BCUT2D eigenvalue weighted by Crippen LogP contribution is -2.34. The number of hydrogen-bond donors (Lipinski definition) is 1. The van der Waals surface area contributed by atoms with Crippen molar-refractivity contribution in [1.29, 1.82) is 0 Å². The highest BCUT2D eigenvalue weighted by atomic mass is 32.1. The first-order valence-corrected chi connectivity index (χ1v) is 7.11. The van der Waals surface area contributed by atoms with Gasteiger partial charge in [-0.15, -0.1) is 0 Å². The fourth-order valence-electron chi connectivity index (χ4n) is 2.04. The van der Waals surface area contributed by atoms with Gasteiger partial charge in [0.15, 0.2) is 5.11 Å². The fraction of sp³-hybridized carbons (Fsp3) is 0.235. The van der Waals surface area contributed by atoms with Crippen LogP contribution in [-0.2, 0) is 13.1 Å². The lowest BCUT2D eigenvalue weighted by Gasteiger charge is -2.23. The molecule has 0 fully saturated rings. The van der Waals surface area contributed by atoms with Gasteiger partial charge >= 0.3 is 0 Å². The Hall–Kier alpha value is -1.87. The Morgan fingerprint density at radius 2 is 1.20 bits per heavy atom. The van der Waals surface area contributed by atoms with Gasteiger partial charge in [-0.3, -0.25) is 0 Å². The average molecular weight is 284 g/mol. The molecule has 0 amide bonds. The van der Waals surface area contributed by atoms with Crippen LogP contribution in [0.25, 0.3) is 0 Å². The molecule has 0 saturated heterocycles. The van der Waals surface area contributed by atoms with Gasteiger partial charge in [0, 0.05) is 13.1 Å². The molecule has 104 valence electrons. The molecular formula is C17H20N2S. The maximum absolute atomic E-state index is 5.85. The summed E-state index contributed by atoms with van der Waals surface area (Å²) in [5.74, 6) is 0. The van der Waals surface area contributed by atoms with E-state index in [-0.39, 0.29) is 0 Å². The third-order valence-corrected chi connectivity index (χ3v) is 3.56. The molecule has 0 aliphatic rings. The topological polar surface area (TPSA) is 29.3 Å². The maximum Gasteiger partial charge on any atom is 0.166 e. The van der Waals surface area contributed by atoms with Gasteiger partial charge < -0.3 is 10.6 Å². The van der Waals surface area contributed by atoms with E-state index in [4.69, 9.17) is 18.0 Å². The van der Waals surface area contributed by atoms with Crippen molar-refractivity contribution in [2.75, 3.05) is 0 Å². The summed E-state index contributed by atoms with van der Waals surface area (Å²) in [7, 11) is 0. The number of hydrogen-bond acceptors (Lipinski definition) is 1. The van der Waals surface area contributed by atoms with Gasteiger partial charge in [0.2, 0.25) is 0 Å². The monoisotopic (exact) mass is 284 g/mol. The Morgan fingerprint density at radius 1 is 0.850 bits per heavy atom. The fourth-order valence-corrected chi connectivity index (χ4v) is 2.17. The van der Waals surface area contributed by atoms with Gasteiger partial charge in [0.05, 0.1) is 0 Å². The minimum atomic E-state index is 0.436. The molecule has 2 aromatic carbocycles. The van der Waals surface area contributed by atoms with E-state index >= 15 is 0 Å². The van der Waals surface area contributed by atoms with Crippen molar-refractivity contribution in [2.24, 2.45) is 5.73 Å². The van der Waals surface area contributed by atoms with Crippen LogP contribution in [0.4, 0.5) is 0 Å². The zero-order valence-electron chi connectivity index (χ0n) is 12.0. The van der Waals surface area contributed by atoms with Gasteiger partial charge in [-0.25, -0.2) is 0 Å². The Labute approximate surface area is 126 Å². The molecule has 0 atom stereocenters. The van der Waals surface area contributed by atoms with Crippen molar-refractivity contribution in [1.82, 2.24) is 4.90 Å². The van der Waals surface area contributed by atoms with Crippen LogP contribution in [0.2, 0.25) is 0 Å². The zero-order chi connectivity index (χ0) is 14.5. The van der Waals surface area contributed by atoms with Gasteiger partial charge in [-0.05, 0) is 37.2 Å². The highest BCUT2D eigenvalue weighted by Crippen LogP contribution is 2.12. The van der Waals surface area contributed by atoms with E-state index in [1.54, 1.807) is 0 Å². The molecule has 2 nitrogen and oxygen atoms in total. The quantitative estimate of drug-likeness (QED) is 0.871. The minimum absolute atomic E-state index is 0.436. The van der Waals surface area contributed by atoms with Crippen LogP contribution >= 0.6 is 12.2 Å². The second kappa shape index (κ2) is 6.53. The number of nitrogens with two attached hydrogens (primary N) is 1. The van der Waals surface area contributed by atoms with Crippen molar-refractivity contribution < 1.29 is 0 Å². The number of thiocarbonyl (C=S) groups is 1. The first-order valence-electron chi connectivity index (χ1n) is 6.70. The maximum atomic E-state index is 5.85. The third kappa shape index (κ3) is 4.07. The second-order valence-corrected chi connectivity index (χ2v) is 5.58. The normalized spacial score (nSPS) is 10.3. The van der Waals surface area contributed by atoms with Crippen LogP contribution in [0.5, 0.6) is 0 Å². The molecule has 0 heterocycles. The van der Waals surface area contributed by atoms with E-state index in [2.05, 4.69) is 62.4 Å². The first-order chi connectivity index (χ1) is 9.54. The molecule has 0 aliphatic heterocycles. The van der Waals surface area contributed by atoms with Crippen LogP contribution in [0, 0.1) is 13.8 Å². The van der Waals surface area contributed by atoms with Crippen LogP contribution in [0.1, 0.15) is 22.3 Å². The molecule has 2 rings (SSSR count). The SMILES string of the molecule is Cc1ccc(CN(Cc2ccc(C)cc2)C(N)=S)cc1. The molecule has 0 radical (unpaired) electrons. The van der Waals surface area contributed by atoms with E-state index in [1.165, 1.54) is 22.3 Å². The Bertz CT molecular complexity index is 525. The largest absolute Gasteiger partial charge is 0.376 e. The molecule has 3 heteroatoms. The number of nitrogens with zero attached hydrogens (tertiary/aromatic N) is 1. The van der Waals surface area contributed by atoms with Crippen LogP contribution in [0.15, 0.2) is 48.5 Å². The van der Waals surface area contributed by atoms with E-state index in [0.29, 0.717) is 5.11 Å². The molecular weight excluding hydrogens is 264 g/mol. The van der Waals surface area contributed by atoms with Crippen molar-refractivity contribution in [2.45, 2.75) is 26.9 Å². The van der Waals surface area contributed by atoms with Crippen LogP contribution < -0.4 is 5.73 Å². The van der Waals surface area contributed by atoms with Crippen molar-refractivity contribution in [3.8, 4) is 0 Å². The number of rotatable bonds is 4. The third-order valence-electron chi connectivity index (χ3n) is 3.30. The zero-order valence-corrected chi connectivity index (χ0v) is 12.8. The summed E-state index contributed by atoms with van der Waals surface area (Å²) in [6, 6.07) is 16.9. The number of aryl methyl sites for hydroxylation is 2. The average Bonchev–Trinajstić information content (AvgIpc) is 2.42. The Kier molecular flexibility index (Phi) is 4.74. The van der Waals surface area contributed by atoms with E-state index in [0.717, 1.165) is 13.1 Å². The van der Waals surface area contributed by atoms with Gasteiger partial charge in [0.1, 0.15) is 0 Å². The summed E-state index contributed by atoms with van der Waals surface area (Å²) in [6.07, 6.45) is 0. The number of benzene rings is 2. The van der Waals surface area contributed by atoms with Gasteiger partial charge in [-0.1, -0.05) is 59.7 Å². The summed E-state index contributed by atoms with van der Waals surface area (Å²) in [4.78, 5) is 2.02. The predicted octanol–water partition coefficient (Wildman–Crippen LogP) is 3.55. The highest BCUT2D eigenvalue weighted by Gasteiger charge is 2.08. The van der Waals surface area contributed by atoms with E-state index in [1.807, 2.05) is 4.90 Å². The van der Waals surface area contributed by atoms with Crippen LogP contribution in [0.3, 0.4) is 0 Å².